The molecule has 0 radical (unpaired) electrons. The van der Waals surface area contributed by atoms with E-state index in [0.717, 1.165) is 35.5 Å². The summed E-state index contributed by atoms with van der Waals surface area (Å²) in [4.78, 5) is 11.4. The van der Waals surface area contributed by atoms with E-state index in [4.69, 9.17) is 0 Å². The van der Waals surface area contributed by atoms with Gasteiger partial charge in [-0.1, -0.05) is 48.5 Å². The molecule has 158 valence electrons. The Morgan fingerprint density at radius 3 is 2.40 bits per heavy atom. The Morgan fingerprint density at radius 2 is 1.63 bits per heavy atom. The van der Waals surface area contributed by atoms with Crippen molar-refractivity contribution >= 4 is 40.8 Å². The van der Waals surface area contributed by atoms with Crippen LogP contribution in [0.3, 0.4) is 0 Å². The summed E-state index contributed by atoms with van der Waals surface area (Å²) in [6, 6.07) is 19.2. The number of nitrogens with one attached hydrogen (secondary N) is 2. The number of halogens is 1. The second-order valence-electron chi connectivity index (χ2n) is 7.57. The molecule has 2 heterocycles. The van der Waals surface area contributed by atoms with Crippen LogP contribution in [0.25, 0.3) is 10.9 Å². The van der Waals surface area contributed by atoms with Gasteiger partial charge in [-0.2, -0.15) is 0 Å². The van der Waals surface area contributed by atoms with Crippen LogP contribution in [0.4, 0.5) is 0 Å². The first-order valence-corrected chi connectivity index (χ1v) is 10.4. The van der Waals surface area contributed by atoms with E-state index in [2.05, 4.69) is 74.0 Å². The molecule has 0 aliphatic carbocycles. The lowest BCUT2D eigenvalue weighted by Gasteiger charge is -2.15. The van der Waals surface area contributed by atoms with Crippen LogP contribution in [0, 0.1) is 0 Å². The molecule has 0 spiro atoms. The van der Waals surface area contributed by atoms with E-state index in [9.17, 15) is 0 Å². The molecule has 1 fully saturated rings. The van der Waals surface area contributed by atoms with E-state index in [1.165, 1.54) is 37.1 Å². The zero-order valence-electron chi connectivity index (χ0n) is 17.5. The van der Waals surface area contributed by atoms with Crippen molar-refractivity contribution in [3.8, 4) is 0 Å². The maximum absolute atomic E-state index is 4.52. The minimum Gasteiger partial charge on any atom is -0.352 e. The smallest absolute Gasteiger partial charge is 0.191 e. The average Bonchev–Trinajstić information content (AvgIpc) is 3.28. The number of benzene rings is 2. The Bertz CT molecular complexity index is 960. The minimum atomic E-state index is 0. The second-order valence-corrected chi connectivity index (χ2v) is 7.57. The Balaban J connectivity index is 0.00000256. The maximum atomic E-state index is 4.52. The Labute approximate surface area is 196 Å². The number of hydrogen-bond acceptors (Lipinski definition) is 3. The molecular formula is C24H30IN5. The molecule has 2 aromatic carbocycles. The molecule has 1 saturated heterocycles. The van der Waals surface area contributed by atoms with Crippen LogP contribution in [0.5, 0.6) is 0 Å². The second kappa shape index (κ2) is 11.3. The third-order valence-electron chi connectivity index (χ3n) is 5.47. The molecule has 3 aromatic rings. The summed E-state index contributed by atoms with van der Waals surface area (Å²) in [5.41, 5.74) is 4.84. The monoisotopic (exact) mass is 515 g/mol. The maximum Gasteiger partial charge on any atom is 0.191 e. The van der Waals surface area contributed by atoms with E-state index in [1.54, 1.807) is 7.05 Å². The molecule has 0 saturated carbocycles. The van der Waals surface area contributed by atoms with Crippen LogP contribution in [0.2, 0.25) is 0 Å². The Hall–Kier alpha value is -2.19. The average molecular weight is 515 g/mol. The zero-order valence-corrected chi connectivity index (χ0v) is 19.8. The quantitative estimate of drug-likeness (QED) is 0.292. The van der Waals surface area contributed by atoms with Gasteiger partial charge in [-0.3, -0.25) is 14.9 Å². The molecule has 2 N–H and O–H groups in total. The SMILES string of the molecule is CN=C(NCc1ccc(CN2CCCC2)cc1)NCc1cccc2cccnc12.I. The summed E-state index contributed by atoms with van der Waals surface area (Å²) in [5.74, 6) is 0.791. The molecule has 6 heteroatoms. The largest absolute Gasteiger partial charge is 0.352 e. The molecule has 0 unspecified atom stereocenters. The molecule has 0 atom stereocenters. The highest BCUT2D eigenvalue weighted by Crippen LogP contribution is 2.16. The number of aromatic nitrogens is 1. The summed E-state index contributed by atoms with van der Waals surface area (Å²) in [5, 5.41) is 7.96. The number of pyridine rings is 1. The summed E-state index contributed by atoms with van der Waals surface area (Å²) < 4.78 is 0. The Kier molecular flexibility index (Phi) is 8.45. The first kappa shape index (κ1) is 22.5. The lowest BCUT2D eigenvalue weighted by Crippen LogP contribution is -2.36. The fourth-order valence-electron chi connectivity index (χ4n) is 3.86. The van der Waals surface area contributed by atoms with Crippen molar-refractivity contribution in [2.45, 2.75) is 32.5 Å². The van der Waals surface area contributed by atoms with Crippen molar-refractivity contribution in [2.75, 3.05) is 20.1 Å². The van der Waals surface area contributed by atoms with Crippen LogP contribution < -0.4 is 10.6 Å². The highest BCUT2D eigenvalue weighted by molar-refractivity contribution is 14.0. The van der Waals surface area contributed by atoms with Gasteiger partial charge in [-0.05, 0) is 48.7 Å². The molecule has 0 amide bonds. The summed E-state index contributed by atoms with van der Waals surface area (Å²) in [6.45, 7) is 4.96. The predicted octanol–water partition coefficient (Wildman–Crippen LogP) is 4.31. The lowest BCUT2D eigenvalue weighted by molar-refractivity contribution is 0.331. The molecule has 1 aliphatic heterocycles. The van der Waals surface area contributed by atoms with Gasteiger partial charge in [0.25, 0.3) is 0 Å². The van der Waals surface area contributed by atoms with Crippen LogP contribution in [-0.2, 0) is 19.6 Å². The van der Waals surface area contributed by atoms with Gasteiger partial charge in [0, 0.05) is 38.3 Å². The number of aliphatic imine (C=N–C) groups is 1. The lowest BCUT2D eigenvalue weighted by atomic mass is 10.1. The van der Waals surface area contributed by atoms with Gasteiger partial charge in [0.15, 0.2) is 5.96 Å². The fraction of sp³-hybridized carbons (Fsp3) is 0.333. The van der Waals surface area contributed by atoms with Gasteiger partial charge in [0.05, 0.1) is 5.52 Å². The number of fused-ring (bicyclic) bond motifs is 1. The third-order valence-corrected chi connectivity index (χ3v) is 5.47. The standard InChI is InChI=1S/C24H29N5.HI/c1-25-24(28-17-22-7-4-6-21-8-5-13-26-23(21)22)27-16-19-9-11-20(12-10-19)18-29-14-2-3-15-29;/h4-13H,2-3,14-18H2,1H3,(H2,25,27,28);1H. The van der Waals surface area contributed by atoms with E-state index in [0.29, 0.717) is 6.54 Å². The van der Waals surface area contributed by atoms with Crippen molar-refractivity contribution in [1.29, 1.82) is 0 Å². The van der Waals surface area contributed by atoms with Crippen molar-refractivity contribution < 1.29 is 0 Å². The van der Waals surface area contributed by atoms with E-state index in [1.807, 2.05) is 12.3 Å². The Morgan fingerprint density at radius 1 is 0.933 bits per heavy atom. The first-order valence-electron chi connectivity index (χ1n) is 10.4. The number of hydrogen-bond donors (Lipinski definition) is 2. The van der Waals surface area contributed by atoms with E-state index >= 15 is 0 Å². The molecule has 1 aliphatic rings. The summed E-state index contributed by atoms with van der Waals surface area (Å²) >= 11 is 0. The van der Waals surface area contributed by atoms with Crippen molar-refractivity contribution in [3.05, 3.63) is 77.5 Å². The van der Waals surface area contributed by atoms with Gasteiger partial charge < -0.3 is 10.6 Å². The van der Waals surface area contributed by atoms with Crippen LogP contribution in [0.1, 0.15) is 29.5 Å². The predicted molar refractivity (Wildman–Crippen MR) is 135 cm³/mol. The van der Waals surface area contributed by atoms with E-state index in [-0.39, 0.29) is 24.0 Å². The van der Waals surface area contributed by atoms with Crippen LogP contribution >= 0.6 is 24.0 Å². The molecule has 4 rings (SSSR count). The van der Waals surface area contributed by atoms with Crippen molar-refractivity contribution in [2.24, 2.45) is 4.99 Å². The van der Waals surface area contributed by atoms with Crippen molar-refractivity contribution in [3.63, 3.8) is 0 Å². The highest BCUT2D eigenvalue weighted by atomic mass is 127. The van der Waals surface area contributed by atoms with Crippen molar-refractivity contribution in [1.82, 2.24) is 20.5 Å². The van der Waals surface area contributed by atoms with Crippen LogP contribution in [0.15, 0.2) is 65.8 Å². The van der Waals surface area contributed by atoms with Gasteiger partial charge in [0.2, 0.25) is 0 Å². The molecule has 5 nitrogen and oxygen atoms in total. The number of para-hydroxylation sites is 1. The van der Waals surface area contributed by atoms with E-state index < -0.39 is 0 Å². The molecular weight excluding hydrogens is 485 g/mol. The summed E-state index contributed by atoms with van der Waals surface area (Å²) in [6.07, 6.45) is 4.51. The van der Waals surface area contributed by atoms with Gasteiger partial charge in [0.1, 0.15) is 0 Å². The zero-order chi connectivity index (χ0) is 19.9. The summed E-state index contributed by atoms with van der Waals surface area (Å²) in [7, 11) is 1.80. The first-order chi connectivity index (χ1) is 14.3. The van der Waals surface area contributed by atoms with Gasteiger partial charge in [-0.25, -0.2) is 0 Å². The number of nitrogens with zero attached hydrogens (tertiary/aromatic N) is 3. The topological polar surface area (TPSA) is 52.6 Å². The molecule has 0 bridgehead atoms. The fourth-order valence-corrected chi connectivity index (χ4v) is 3.86. The minimum absolute atomic E-state index is 0. The van der Waals surface area contributed by atoms with Crippen LogP contribution in [-0.4, -0.2) is 36.0 Å². The molecule has 1 aromatic heterocycles. The molecule has 30 heavy (non-hydrogen) atoms. The van der Waals surface area contributed by atoms with Gasteiger partial charge in [-0.15, -0.1) is 24.0 Å². The van der Waals surface area contributed by atoms with Gasteiger partial charge >= 0.3 is 0 Å². The number of rotatable bonds is 6. The number of guanidine groups is 1. The highest BCUT2D eigenvalue weighted by Gasteiger charge is 2.11. The normalized spacial score (nSPS) is 14.5. The third kappa shape index (κ3) is 5.92. The number of likely N-dealkylation sites (tertiary alicyclic amines) is 1.